The first kappa shape index (κ1) is 15.7. The highest BCUT2D eigenvalue weighted by Crippen LogP contribution is 2.27. The smallest absolute Gasteiger partial charge is 0.243 e. The summed E-state index contributed by atoms with van der Waals surface area (Å²) in [7, 11) is -1.91. The molecule has 7 heteroatoms. The van der Waals surface area contributed by atoms with Gasteiger partial charge in [-0.05, 0) is 30.0 Å². The molecule has 1 aromatic rings. The molecule has 1 unspecified atom stereocenters. The molecule has 0 bridgehead atoms. The molecule has 0 radical (unpaired) electrons. The van der Waals surface area contributed by atoms with Crippen LogP contribution in [0.25, 0.3) is 0 Å². The number of halogens is 1. The van der Waals surface area contributed by atoms with Crippen molar-refractivity contribution in [1.82, 2.24) is 4.31 Å². The van der Waals surface area contributed by atoms with Gasteiger partial charge in [-0.25, -0.2) is 8.42 Å². The Bertz CT molecular complexity index is 576. The summed E-state index contributed by atoms with van der Waals surface area (Å²) in [5.74, 6) is 0.238. The number of nitrogens with zero attached hydrogens (tertiary/aromatic N) is 1. The van der Waals surface area contributed by atoms with Crippen LogP contribution < -0.4 is 0 Å². The molecule has 0 amide bonds. The fourth-order valence-electron chi connectivity index (χ4n) is 2.35. The molecule has 112 valence electrons. The maximum atomic E-state index is 12.5. The molecular formula is C13H18ClNO4S. The monoisotopic (exact) mass is 319 g/mol. The van der Waals surface area contributed by atoms with Gasteiger partial charge in [-0.3, -0.25) is 0 Å². The minimum atomic E-state index is -3.53. The van der Waals surface area contributed by atoms with Crippen LogP contribution in [0, 0.1) is 5.92 Å². The zero-order valence-electron chi connectivity index (χ0n) is 11.3. The Kier molecular flexibility index (Phi) is 5.04. The van der Waals surface area contributed by atoms with Crippen LogP contribution >= 0.6 is 11.6 Å². The maximum absolute atomic E-state index is 12.5. The van der Waals surface area contributed by atoms with E-state index in [0.717, 1.165) is 6.42 Å². The second-order valence-electron chi connectivity index (χ2n) is 4.88. The first-order chi connectivity index (χ1) is 9.48. The molecule has 0 saturated carbocycles. The van der Waals surface area contributed by atoms with Crippen molar-refractivity contribution in [3.8, 4) is 0 Å². The van der Waals surface area contributed by atoms with Gasteiger partial charge in [-0.15, -0.1) is 0 Å². The van der Waals surface area contributed by atoms with Crippen LogP contribution in [0.15, 0.2) is 23.1 Å². The fraction of sp³-hybridized carbons (Fsp3) is 0.538. The Hall–Kier alpha value is -0.660. The molecule has 1 saturated heterocycles. The van der Waals surface area contributed by atoms with Crippen molar-refractivity contribution in [2.24, 2.45) is 5.92 Å². The highest BCUT2D eigenvalue weighted by Gasteiger charge is 2.32. The van der Waals surface area contributed by atoms with E-state index < -0.39 is 10.0 Å². The van der Waals surface area contributed by atoms with Gasteiger partial charge in [-0.2, -0.15) is 4.31 Å². The topological polar surface area (TPSA) is 66.8 Å². The van der Waals surface area contributed by atoms with Crippen molar-refractivity contribution < 1.29 is 18.3 Å². The van der Waals surface area contributed by atoms with Gasteiger partial charge in [0.1, 0.15) is 0 Å². The van der Waals surface area contributed by atoms with E-state index in [9.17, 15) is 8.42 Å². The summed E-state index contributed by atoms with van der Waals surface area (Å²) < 4.78 is 31.5. The third-order valence-electron chi connectivity index (χ3n) is 3.48. The van der Waals surface area contributed by atoms with Gasteiger partial charge in [-0.1, -0.05) is 17.7 Å². The number of sulfonamides is 1. The second-order valence-corrected chi connectivity index (χ2v) is 7.23. The van der Waals surface area contributed by atoms with Gasteiger partial charge in [0.05, 0.1) is 18.1 Å². The number of hydrogen-bond donors (Lipinski definition) is 1. The van der Waals surface area contributed by atoms with Crippen LogP contribution in [0.5, 0.6) is 0 Å². The van der Waals surface area contributed by atoms with Crippen molar-refractivity contribution in [3.05, 3.63) is 28.8 Å². The van der Waals surface area contributed by atoms with E-state index in [0.29, 0.717) is 25.3 Å². The molecule has 5 nitrogen and oxygen atoms in total. The number of ether oxygens (including phenoxy) is 1. The van der Waals surface area contributed by atoms with Gasteiger partial charge in [0, 0.05) is 25.2 Å². The lowest BCUT2D eigenvalue weighted by Gasteiger charge is -2.17. The van der Waals surface area contributed by atoms with Gasteiger partial charge in [0.2, 0.25) is 10.0 Å². The molecule has 1 aliphatic heterocycles. The predicted octanol–water partition coefficient (Wildman–Crippen LogP) is 1.49. The first-order valence-corrected chi connectivity index (χ1v) is 8.19. The van der Waals surface area contributed by atoms with E-state index in [1.165, 1.54) is 22.5 Å². The van der Waals surface area contributed by atoms with Crippen LogP contribution in [-0.2, 0) is 21.4 Å². The minimum absolute atomic E-state index is 0.165. The summed E-state index contributed by atoms with van der Waals surface area (Å²) in [5.41, 5.74) is 0.518. The van der Waals surface area contributed by atoms with Gasteiger partial charge < -0.3 is 9.84 Å². The molecule has 0 aliphatic carbocycles. The van der Waals surface area contributed by atoms with Crippen LogP contribution in [0.2, 0.25) is 5.02 Å². The Morgan fingerprint density at radius 2 is 2.25 bits per heavy atom. The molecule has 1 atom stereocenters. The van der Waals surface area contributed by atoms with E-state index in [1.807, 2.05) is 0 Å². The molecule has 0 spiro atoms. The van der Waals surface area contributed by atoms with Crippen molar-refractivity contribution >= 4 is 21.6 Å². The standard InChI is InChI=1S/C13H18ClNO4S/c1-19-9-10-4-5-15(7-10)20(17,18)12-3-2-11(8-16)13(14)6-12/h2-3,6,10,16H,4-5,7-9H2,1H3. The number of methoxy groups -OCH3 is 1. The zero-order valence-corrected chi connectivity index (χ0v) is 12.8. The minimum Gasteiger partial charge on any atom is -0.392 e. The Morgan fingerprint density at radius 1 is 1.50 bits per heavy atom. The summed E-state index contributed by atoms with van der Waals surface area (Å²) in [6.07, 6.45) is 0.801. The highest BCUT2D eigenvalue weighted by atomic mass is 35.5. The molecule has 1 heterocycles. The Balaban J connectivity index is 2.21. The predicted molar refractivity (Wildman–Crippen MR) is 76.1 cm³/mol. The quantitative estimate of drug-likeness (QED) is 0.893. The molecular weight excluding hydrogens is 302 g/mol. The number of benzene rings is 1. The normalized spacial score (nSPS) is 20.4. The lowest BCUT2D eigenvalue weighted by Crippen LogP contribution is -2.29. The molecule has 1 N–H and O–H groups in total. The average molecular weight is 320 g/mol. The zero-order chi connectivity index (χ0) is 14.8. The Morgan fingerprint density at radius 3 is 2.85 bits per heavy atom. The van der Waals surface area contributed by atoms with Crippen molar-refractivity contribution in [1.29, 1.82) is 0 Å². The molecule has 0 aromatic heterocycles. The van der Waals surface area contributed by atoms with Gasteiger partial charge >= 0.3 is 0 Å². The summed E-state index contributed by atoms with van der Waals surface area (Å²) in [5, 5.41) is 9.32. The lowest BCUT2D eigenvalue weighted by atomic mass is 10.1. The van der Waals surface area contributed by atoms with Crippen LogP contribution in [0.3, 0.4) is 0 Å². The largest absolute Gasteiger partial charge is 0.392 e. The van der Waals surface area contributed by atoms with E-state index in [2.05, 4.69) is 0 Å². The van der Waals surface area contributed by atoms with Crippen molar-refractivity contribution in [3.63, 3.8) is 0 Å². The van der Waals surface area contributed by atoms with E-state index in [4.69, 9.17) is 21.4 Å². The molecule has 1 fully saturated rings. The fourth-order valence-corrected chi connectivity index (χ4v) is 4.22. The summed E-state index contributed by atoms with van der Waals surface area (Å²) in [4.78, 5) is 0.165. The third kappa shape index (κ3) is 3.15. The molecule has 20 heavy (non-hydrogen) atoms. The van der Waals surface area contributed by atoms with Crippen LogP contribution in [0.1, 0.15) is 12.0 Å². The number of hydrogen-bond acceptors (Lipinski definition) is 4. The molecule has 1 aromatic carbocycles. The molecule has 2 rings (SSSR count). The number of aliphatic hydroxyl groups is 1. The number of rotatable bonds is 5. The average Bonchev–Trinajstić information content (AvgIpc) is 2.88. The summed E-state index contributed by atoms with van der Waals surface area (Å²) >= 11 is 5.96. The number of aliphatic hydroxyl groups excluding tert-OH is 1. The van der Waals surface area contributed by atoms with E-state index in [-0.39, 0.29) is 22.4 Å². The SMILES string of the molecule is COCC1CCN(S(=O)(=O)c2ccc(CO)c(Cl)c2)C1. The Labute approximate surface area is 124 Å². The van der Waals surface area contributed by atoms with Crippen LogP contribution in [0.4, 0.5) is 0 Å². The molecule has 1 aliphatic rings. The van der Waals surface area contributed by atoms with Crippen LogP contribution in [-0.4, -0.2) is 44.6 Å². The second kappa shape index (κ2) is 6.41. The van der Waals surface area contributed by atoms with E-state index in [1.54, 1.807) is 7.11 Å². The highest BCUT2D eigenvalue weighted by molar-refractivity contribution is 7.89. The van der Waals surface area contributed by atoms with Crippen molar-refractivity contribution in [2.75, 3.05) is 26.8 Å². The summed E-state index contributed by atoms with van der Waals surface area (Å²) in [6, 6.07) is 4.42. The maximum Gasteiger partial charge on any atom is 0.243 e. The van der Waals surface area contributed by atoms with Gasteiger partial charge in [0.25, 0.3) is 0 Å². The third-order valence-corrected chi connectivity index (χ3v) is 5.70. The van der Waals surface area contributed by atoms with Gasteiger partial charge in [0.15, 0.2) is 0 Å². The van der Waals surface area contributed by atoms with Crippen molar-refractivity contribution in [2.45, 2.75) is 17.9 Å². The van der Waals surface area contributed by atoms with E-state index >= 15 is 0 Å². The summed E-state index contributed by atoms with van der Waals surface area (Å²) in [6.45, 7) is 1.32. The first-order valence-electron chi connectivity index (χ1n) is 6.37. The lowest BCUT2D eigenvalue weighted by molar-refractivity contribution is 0.157.